The Hall–Kier alpha value is -3.00. The standard InChI is InChI=1S/C23H21N5O2.2ClH/c1-27-9-11-28(12-10-27)22(30)15-7-8-16-17(13-15)20-18(21(16)29)19(25-23(24)26-20)14-5-3-2-4-6-14;;/h2-8,13H,9-12H2,1H3,(H2,24,25,26);2*1H. The summed E-state index contributed by atoms with van der Waals surface area (Å²) in [6.45, 7) is 3.08. The third-order valence-electron chi connectivity index (χ3n) is 5.76. The normalized spacial score (nSPS) is 14.8. The molecule has 2 heterocycles. The van der Waals surface area contributed by atoms with Crippen molar-refractivity contribution in [2.45, 2.75) is 0 Å². The predicted octanol–water partition coefficient (Wildman–Crippen LogP) is 3.17. The molecule has 0 bridgehead atoms. The van der Waals surface area contributed by atoms with Gasteiger partial charge in [-0.15, -0.1) is 24.8 Å². The van der Waals surface area contributed by atoms with Crippen molar-refractivity contribution >= 4 is 42.5 Å². The molecule has 1 saturated heterocycles. The van der Waals surface area contributed by atoms with Crippen molar-refractivity contribution in [2.24, 2.45) is 0 Å². The maximum atomic E-state index is 13.2. The van der Waals surface area contributed by atoms with Gasteiger partial charge in [0.25, 0.3) is 5.91 Å². The van der Waals surface area contributed by atoms with Crippen LogP contribution in [0.5, 0.6) is 0 Å². The van der Waals surface area contributed by atoms with E-state index in [2.05, 4.69) is 14.9 Å². The highest BCUT2D eigenvalue weighted by atomic mass is 35.5. The van der Waals surface area contributed by atoms with Crippen LogP contribution in [0.15, 0.2) is 48.5 Å². The lowest BCUT2D eigenvalue weighted by Gasteiger charge is -2.32. The van der Waals surface area contributed by atoms with Gasteiger partial charge < -0.3 is 15.5 Å². The smallest absolute Gasteiger partial charge is 0.253 e. The van der Waals surface area contributed by atoms with Crippen LogP contribution in [0.3, 0.4) is 0 Å². The number of nitrogen functional groups attached to an aromatic ring is 1. The highest BCUT2D eigenvalue weighted by Crippen LogP contribution is 2.40. The first kappa shape index (κ1) is 23.7. The molecule has 2 aromatic carbocycles. The van der Waals surface area contributed by atoms with Gasteiger partial charge in [0.2, 0.25) is 5.95 Å². The molecular formula is C23H23Cl2N5O2. The Morgan fingerprint density at radius 3 is 2.25 bits per heavy atom. The fourth-order valence-electron chi connectivity index (χ4n) is 4.09. The molecule has 166 valence electrons. The Kier molecular flexibility index (Phi) is 6.83. The van der Waals surface area contributed by atoms with Gasteiger partial charge in [0.1, 0.15) is 0 Å². The molecule has 1 aliphatic heterocycles. The lowest BCUT2D eigenvalue weighted by Crippen LogP contribution is -2.47. The zero-order valence-electron chi connectivity index (χ0n) is 17.4. The zero-order valence-corrected chi connectivity index (χ0v) is 19.1. The van der Waals surface area contributed by atoms with Crippen LogP contribution in [0.25, 0.3) is 22.5 Å². The van der Waals surface area contributed by atoms with E-state index in [0.717, 1.165) is 18.7 Å². The summed E-state index contributed by atoms with van der Waals surface area (Å²) < 4.78 is 0. The molecule has 1 fully saturated rings. The van der Waals surface area contributed by atoms with Gasteiger partial charge in [-0.25, -0.2) is 9.97 Å². The van der Waals surface area contributed by atoms with E-state index in [1.807, 2.05) is 42.3 Å². The van der Waals surface area contributed by atoms with Crippen molar-refractivity contribution in [3.63, 3.8) is 0 Å². The Morgan fingerprint density at radius 1 is 0.906 bits per heavy atom. The summed E-state index contributed by atoms with van der Waals surface area (Å²) in [7, 11) is 2.05. The summed E-state index contributed by atoms with van der Waals surface area (Å²) in [6.07, 6.45) is 0. The number of anilines is 1. The number of piperazine rings is 1. The van der Waals surface area contributed by atoms with E-state index in [0.29, 0.717) is 46.7 Å². The second-order valence-electron chi connectivity index (χ2n) is 7.71. The molecule has 3 aromatic rings. The molecule has 1 aromatic heterocycles. The van der Waals surface area contributed by atoms with Gasteiger partial charge in [-0.2, -0.15) is 0 Å². The fraction of sp³-hybridized carbons (Fsp3) is 0.217. The van der Waals surface area contributed by atoms with Gasteiger partial charge in [-0.1, -0.05) is 30.3 Å². The van der Waals surface area contributed by atoms with Crippen molar-refractivity contribution in [1.29, 1.82) is 0 Å². The molecule has 1 aliphatic carbocycles. The van der Waals surface area contributed by atoms with Crippen LogP contribution in [0.4, 0.5) is 5.95 Å². The number of carbonyl (C=O) groups excluding carboxylic acids is 2. The number of amides is 1. The minimum atomic E-state index is -0.141. The van der Waals surface area contributed by atoms with Crippen LogP contribution in [-0.4, -0.2) is 64.7 Å². The Labute approximate surface area is 198 Å². The van der Waals surface area contributed by atoms with Crippen molar-refractivity contribution in [3.8, 4) is 22.5 Å². The Balaban J connectivity index is 0.00000144. The number of likely N-dealkylation sites (N-methyl/N-ethyl adjacent to an activating group) is 1. The first-order valence-corrected chi connectivity index (χ1v) is 9.93. The summed E-state index contributed by atoms with van der Waals surface area (Å²) in [6, 6.07) is 14.7. The maximum absolute atomic E-state index is 13.2. The number of carbonyl (C=O) groups is 2. The highest BCUT2D eigenvalue weighted by molar-refractivity contribution is 6.24. The van der Waals surface area contributed by atoms with E-state index in [1.165, 1.54) is 0 Å². The summed E-state index contributed by atoms with van der Waals surface area (Å²) in [5.74, 6) is -0.0707. The number of nitrogens with zero attached hydrogens (tertiary/aromatic N) is 4. The van der Waals surface area contributed by atoms with Gasteiger partial charge in [0.05, 0.1) is 17.0 Å². The number of hydrogen-bond donors (Lipinski definition) is 1. The van der Waals surface area contributed by atoms with Crippen LogP contribution in [0.2, 0.25) is 0 Å². The second kappa shape index (κ2) is 9.24. The first-order chi connectivity index (χ1) is 14.5. The predicted molar refractivity (Wildman–Crippen MR) is 129 cm³/mol. The summed E-state index contributed by atoms with van der Waals surface area (Å²) >= 11 is 0. The molecule has 2 aliphatic rings. The van der Waals surface area contributed by atoms with Gasteiger partial charge in [-0.3, -0.25) is 9.59 Å². The van der Waals surface area contributed by atoms with Crippen molar-refractivity contribution < 1.29 is 9.59 Å². The van der Waals surface area contributed by atoms with Crippen LogP contribution in [0.1, 0.15) is 26.3 Å². The number of fused-ring (bicyclic) bond motifs is 3. The third kappa shape index (κ3) is 3.95. The largest absolute Gasteiger partial charge is 0.368 e. The average molecular weight is 472 g/mol. The monoisotopic (exact) mass is 471 g/mol. The number of benzene rings is 2. The van der Waals surface area contributed by atoms with Crippen LogP contribution >= 0.6 is 24.8 Å². The van der Waals surface area contributed by atoms with E-state index >= 15 is 0 Å². The van der Waals surface area contributed by atoms with Crippen molar-refractivity contribution in [2.75, 3.05) is 39.0 Å². The van der Waals surface area contributed by atoms with Crippen LogP contribution < -0.4 is 5.73 Å². The van der Waals surface area contributed by atoms with E-state index in [1.54, 1.807) is 18.2 Å². The molecule has 9 heteroatoms. The lowest BCUT2D eigenvalue weighted by molar-refractivity contribution is 0.0664. The van der Waals surface area contributed by atoms with E-state index < -0.39 is 0 Å². The van der Waals surface area contributed by atoms with E-state index in [9.17, 15) is 9.59 Å². The van der Waals surface area contributed by atoms with E-state index in [4.69, 9.17) is 5.73 Å². The van der Waals surface area contributed by atoms with Gasteiger partial charge >= 0.3 is 0 Å². The number of hydrogen-bond acceptors (Lipinski definition) is 6. The Bertz CT molecular complexity index is 1180. The van der Waals surface area contributed by atoms with Gasteiger partial charge in [0, 0.05) is 48.4 Å². The summed E-state index contributed by atoms with van der Waals surface area (Å²) in [4.78, 5) is 39.0. The second-order valence-corrected chi connectivity index (χ2v) is 7.71. The average Bonchev–Trinajstić information content (AvgIpc) is 3.05. The maximum Gasteiger partial charge on any atom is 0.253 e. The number of aromatic nitrogens is 2. The van der Waals surface area contributed by atoms with E-state index in [-0.39, 0.29) is 42.5 Å². The quantitative estimate of drug-likeness (QED) is 0.482. The molecule has 2 N–H and O–H groups in total. The fourth-order valence-corrected chi connectivity index (χ4v) is 4.09. The van der Waals surface area contributed by atoms with Gasteiger partial charge in [0.15, 0.2) is 5.78 Å². The molecule has 0 spiro atoms. The number of nitrogens with two attached hydrogens (primary N) is 1. The molecule has 5 rings (SSSR count). The molecule has 0 saturated carbocycles. The summed E-state index contributed by atoms with van der Waals surface area (Å²) in [5, 5.41) is 0. The van der Waals surface area contributed by atoms with Gasteiger partial charge in [-0.05, 0) is 25.2 Å². The minimum Gasteiger partial charge on any atom is -0.368 e. The number of ketones is 1. The summed E-state index contributed by atoms with van der Waals surface area (Å²) in [5.41, 5.74) is 9.96. The SMILES string of the molecule is CN1CCN(C(=O)c2ccc3c(c2)-c2nc(N)nc(-c4ccccc4)c2C3=O)CC1.Cl.Cl. The molecule has 1 amide bonds. The molecule has 32 heavy (non-hydrogen) atoms. The first-order valence-electron chi connectivity index (χ1n) is 9.93. The molecule has 0 atom stereocenters. The molecule has 7 nitrogen and oxygen atoms in total. The van der Waals surface area contributed by atoms with Crippen LogP contribution in [0, 0.1) is 0 Å². The minimum absolute atomic E-state index is 0. The number of rotatable bonds is 2. The topological polar surface area (TPSA) is 92.4 Å². The zero-order chi connectivity index (χ0) is 20.8. The number of halogens is 2. The van der Waals surface area contributed by atoms with Crippen molar-refractivity contribution in [1.82, 2.24) is 19.8 Å². The Morgan fingerprint density at radius 2 is 1.56 bits per heavy atom. The molecule has 0 radical (unpaired) electrons. The molecule has 0 unspecified atom stereocenters. The van der Waals surface area contributed by atoms with Crippen molar-refractivity contribution in [3.05, 3.63) is 65.2 Å². The lowest BCUT2D eigenvalue weighted by atomic mass is 10.0. The highest BCUT2D eigenvalue weighted by Gasteiger charge is 2.33. The third-order valence-corrected chi connectivity index (χ3v) is 5.76. The van der Waals surface area contributed by atoms with Crippen LogP contribution in [-0.2, 0) is 0 Å². The molecular weight excluding hydrogens is 449 g/mol.